The van der Waals surface area contributed by atoms with Crippen LogP contribution in [-0.2, 0) is 24.9 Å². The molecule has 0 saturated carbocycles. The van der Waals surface area contributed by atoms with Gasteiger partial charge in [-0.25, -0.2) is 4.39 Å². The van der Waals surface area contributed by atoms with Gasteiger partial charge < -0.3 is 4.90 Å². The van der Waals surface area contributed by atoms with Crippen LogP contribution in [0.25, 0.3) is 0 Å². The molecule has 138 valence electrons. The second-order valence-corrected chi connectivity index (χ2v) is 7.72. The van der Waals surface area contributed by atoms with Crippen molar-refractivity contribution in [3.05, 3.63) is 53.6 Å². The summed E-state index contributed by atoms with van der Waals surface area (Å²) in [6.45, 7) is 3.98. The fraction of sp³-hybridized carbons (Fsp3) is 0.500. The van der Waals surface area contributed by atoms with E-state index in [9.17, 15) is 9.18 Å². The van der Waals surface area contributed by atoms with Gasteiger partial charge in [-0.05, 0) is 43.5 Å². The number of nitrogens with zero attached hydrogens (tertiary/aromatic N) is 4. The molecule has 2 aromatic rings. The quantitative estimate of drug-likeness (QED) is 0.846. The minimum atomic E-state index is -0.250. The summed E-state index contributed by atoms with van der Waals surface area (Å²) < 4.78 is 14.9. The molecule has 6 heteroatoms. The van der Waals surface area contributed by atoms with E-state index < -0.39 is 0 Å². The van der Waals surface area contributed by atoms with Crippen LogP contribution in [-0.4, -0.2) is 45.1 Å². The van der Waals surface area contributed by atoms with Gasteiger partial charge in [-0.2, -0.15) is 5.10 Å². The summed E-state index contributed by atoms with van der Waals surface area (Å²) in [6.07, 6.45) is 6.86. The van der Waals surface area contributed by atoms with E-state index in [-0.39, 0.29) is 17.1 Å². The van der Waals surface area contributed by atoms with Crippen molar-refractivity contribution in [3.8, 4) is 0 Å². The number of aromatic nitrogens is 2. The Morgan fingerprint density at radius 1 is 1.12 bits per heavy atom. The molecule has 0 bridgehead atoms. The van der Waals surface area contributed by atoms with Crippen LogP contribution in [0, 0.1) is 11.2 Å². The Hall–Kier alpha value is -2.21. The molecule has 0 aliphatic carbocycles. The van der Waals surface area contributed by atoms with Crippen LogP contribution in [0.5, 0.6) is 0 Å². The summed E-state index contributed by atoms with van der Waals surface area (Å²) in [5.74, 6) is 0.0267. The van der Waals surface area contributed by atoms with Gasteiger partial charge in [0.2, 0.25) is 5.91 Å². The second kappa shape index (κ2) is 6.83. The van der Waals surface area contributed by atoms with Crippen LogP contribution in [0.4, 0.5) is 4.39 Å². The first-order valence-corrected chi connectivity index (χ1v) is 9.28. The largest absolute Gasteiger partial charge is 0.338 e. The third-order valence-electron chi connectivity index (χ3n) is 5.71. The van der Waals surface area contributed by atoms with Crippen LogP contribution >= 0.6 is 0 Å². The zero-order valence-corrected chi connectivity index (χ0v) is 15.2. The van der Waals surface area contributed by atoms with Crippen molar-refractivity contribution < 1.29 is 9.18 Å². The van der Waals surface area contributed by atoms with Crippen molar-refractivity contribution in [2.45, 2.75) is 32.4 Å². The average molecular weight is 356 g/mol. The topological polar surface area (TPSA) is 41.4 Å². The van der Waals surface area contributed by atoms with Crippen LogP contribution in [0.1, 0.15) is 30.4 Å². The fourth-order valence-electron chi connectivity index (χ4n) is 4.40. The Kier molecular flexibility index (Phi) is 4.53. The molecule has 1 unspecified atom stereocenters. The van der Waals surface area contributed by atoms with E-state index in [0.717, 1.165) is 51.0 Å². The van der Waals surface area contributed by atoms with Crippen LogP contribution in [0.15, 0.2) is 36.7 Å². The lowest BCUT2D eigenvalue weighted by Crippen LogP contribution is -2.49. The number of carbonyl (C=O) groups excluding carboxylic acids is 1. The highest BCUT2D eigenvalue weighted by Gasteiger charge is 2.48. The van der Waals surface area contributed by atoms with Gasteiger partial charge in [-0.3, -0.25) is 14.4 Å². The Morgan fingerprint density at radius 2 is 1.92 bits per heavy atom. The lowest BCUT2D eigenvalue weighted by Gasteiger charge is -2.39. The first-order valence-electron chi connectivity index (χ1n) is 9.28. The van der Waals surface area contributed by atoms with Gasteiger partial charge in [-0.1, -0.05) is 12.1 Å². The lowest BCUT2D eigenvalue weighted by atomic mass is 9.78. The normalized spacial score (nSPS) is 23.9. The molecular weight excluding hydrogens is 331 g/mol. The predicted molar refractivity (Wildman–Crippen MR) is 96.6 cm³/mol. The molecule has 2 fully saturated rings. The minimum absolute atomic E-state index is 0.239. The maximum Gasteiger partial charge on any atom is 0.230 e. The number of halogens is 1. The highest BCUT2D eigenvalue weighted by molar-refractivity contribution is 5.84. The third kappa shape index (κ3) is 3.38. The van der Waals surface area contributed by atoms with Gasteiger partial charge in [0, 0.05) is 45.0 Å². The van der Waals surface area contributed by atoms with E-state index in [0.29, 0.717) is 6.54 Å². The van der Waals surface area contributed by atoms with E-state index >= 15 is 0 Å². The highest BCUT2D eigenvalue weighted by Crippen LogP contribution is 2.40. The number of rotatable bonds is 4. The standard InChI is InChI=1S/C20H25FN4O/c1-23-12-17(11-22-23)13-24-10-8-20(15-24)7-2-9-25(19(20)26)14-16-3-5-18(21)6-4-16/h3-6,11-12H,2,7-10,13-15H2,1H3. The molecule has 5 nitrogen and oxygen atoms in total. The summed E-state index contributed by atoms with van der Waals surface area (Å²) in [6, 6.07) is 6.47. The number of amides is 1. The number of carbonyl (C=O) groups is 1. The number of piperidine rings is 1. The summed E-state index contributed by atoms with van der Waals surface area (Å²) >= 11 is 0. The van der Waals surface area contributed by atoms with E-state index in [4.69, 9.17) is 0 Å². The Morgan fingerprint density at radius 3 is 2.65 bits per heavy atom. The van der Waals surface area contributed by atoms with Crippen molar-refractivity contribution >= 4 is 5.91 Å². The highest BCUT2D eigenvalue weighted by atomic mass is 19.1. The molecule has 1 atom stereocenters. The van der Waals surface area contributed by atoms with Crippen LogP contribution in [0.2, 0.25) is 0 Å². The molecule has 1 aromatic heterocycles. The zero-order chi connectivity index (χ0) is 18.1. The number of likely N-dealkylation sites (tertiary alicyclic amines) is 2. The molecule has 1 aromatic carbocycles. The van der Waals surface area contributed by atoms with Crippen molar-refractivity contribution in [1.82, 2.24) is 19.6 Å². The molecule has 4 rings (SSSR count). The summed E-state index contributed by atoms with van der Waals surface area (Å²) in [5, 5.41) is 4.23. The van der Waals surface area contributed by atoms with Gasteiger partial charge in [-0.15, -0.1) is 0 Å². The van der Waals surface area contributed by atoms with E-state index in [1.165, 1.54) is 17.7 Å². The minimum Gasteiger partial charge on any atom is -0.338 e. The molecule has 0 N–H and O–H groups in total. The maximum atomic E-state index is 13.2. The summed E-state index contributed by atoms with van der Waals surface area (Å²) in [5.41, 5.74) is 1.93. The molecule has 26 heavy (non-hydrogen) atoms. The Labute approximate surface area is 153 Å². The fourth-order valence-corrected chi connectivity index (χ4v) is 4.40. The van der Waals surface area contributed by atoms with Crippen molar-refractivity contribution in [1.29, 1.82) is 0 Å². The van der Waals surface area contributed by atoms with Gasteiger partial charge in [0.25, 0.3) is 0 Å². The van der Waals surface area contributed by atoms with Crippen molar-refractivity contribution in [3.63, 3.8) is 0 Å². The second-order valence-electron chi connectivity index (χ2n) is 7.72. The van der Waals surface area contributed by atoms with Gasteiger partial charge in [0.05, 0.1) is 11.6 Å². The first kappa shape index (κ1) is 17.2. The molecule has 2 aliphatic rings. The first-order chi connectivity index (χ1) is 12.5. The third-order valence-corrected chi connectivity index (χ3v) is 5.71. The number of hydrogen-bond donors (Lipinski definition) is 0. The lowest BCUT2D eigenvalue weighted by molar-refractivity contribution is -0.146. The maximum absolute atomic E-state index is 13.2. The average Bonchev–Trinajstić information content (AvgIpc) is 3.21. The van der Waals surface area contributed by atoms with Crippen molar-refractivity contribution in [2.24, 2.45) is 12.5 Å². The molecule has 3 heterocycles. The SMILES string of the molecule is Cn1cc(CN2CCC3(CCCN(Cc4ccc(F)cc4)C3=O)C2)cn1. The Bertz CT molecular complexity index is 787. The molecule has 1 amide bonds. The molecule has 2 saturated heterocycles. The van der Waals surface area contributed by atoms with Gasteiger partial charge in [0.1, 0.15) is 5.82 Å². The molecular formula is C20H25FN4O. The van der Waals surface area contributed by atoms with Crippen molar-refractivity contribution in [2.75, 3.05) is 19.6 Å². The van der Waals surface area contributed by atoms with E-state index in [1.54, 1.807) is 12.1 Å². The predicted octanol–water partition coefficient (Wildman–Crippen LogP) is 2.57. The van der Waals surface area contributed by atoms with Gasteiger partial charge >= 0.3 is 0 Å². The smallest absolute Gasteiger partial charge is 0.230 e. The monoisotopic (exact) mass is 356 g/mol. The number of hydrogen-bond acceptors (Lipinski definition) is 3. The number of aryl methyl sites for hydroxylation is 1. The molecule has 0 radical (unpaired) electrons. The summed E-state index contributed by atoms with van der Waals surface area (Å²) in [4.78, 5) is 17.6. The number of benzene rings is 1. The van der Waals surface area contributed by atoms with Gasteiger partial charge in [0.15, 0.2) is 0 Å². The van der Waals surface area contributed by atoms with E-state index in [1.807, 2.05) is 29.0 Å². The molecule has 1 spiro atoms. The summed E-state index contributed by atoms with van der Waals surface area (Å²) in [7, 11) is 1.92. The van der Waals surface area contributed by atoms with E-state index in [2.05, 4.69) is 10.00 Å². The molecule has 2 aliphatic heterocycles. The Balaban J connectivity index is 1.43. The van der Waals surface area contributed by atoms with Crippen LogP contribution in [0.3, 0.4) is 0 Å². The zero-order valence-electron chi connectivity index (χ0n) is 15.2. The van der Waals surface area contributed by atoms with Crippen LogP contribution < -0.4 is 0 Å².